The summed E-state index contributed by atoms with van der Waals surface area (Å²) in [6.07, 6.45) is -10.4. The maximum Gasteiger partial charge on any atom is 0.431 e. The molecule has 0 saturated heterocycles. The molecule has 0 radical (unpaired) electrons. The summed E-state index contributed by atoms with van der Waals surface area (Å²) in [7, 11) is 0. The lowest BCUT2D eigenvalue weighted by atomic mass is 10.1. The molecule has 0 aliphatic rings. The minimum Gasteiger partial charge on any atom is -0.318 e. The summed E-state index contributed by atoms with van der Waals surface area (Å²) >= 11 is 0. The Morgan fingerprint density at radius 1 is 1.06 bits per heavy atom. The standard InChI is InChI=1S/C8H5F6NO/c1-3-2-4(16)15-6(8(12,13)14)5(3)7(9,10)11/h2H,1H3,(H,15,16). The summed E-state index contributed by atoms with van der Waals surface area (Å²) in [6, 6.07) is 0.470. The van der Waals surface area contributed by atoms with Crippen molar-refractivity contribution in [3.63, 3.8) is 0 Å². The van der Waals surface area contributed by atoms with E-state index < -0.39 is 34.7 Å². The van der Waals surface area contributed by atoms with Crippen molar-refractivity contribution < 1.29 is 26.3 Å². The largest absolute Gasteiger partial charge is 0.431 e. The highest BCUT2D eigenvalue weighted by molar-refractivity contribution is 5.33. The van der Waals surface area contributed by atoms with Crippen LogP contribution in [0.15, 0.2) is 10.9 Å². The van der Waals surface area contributed by atoms with Gasteiger partial charge in [-0.15, -0.1) is 0 Å². The summed E-state index contributed by atoms with van der Waals surface area (Å²) in [4.78, 5) is 11.9. The van der Waals surface area contributed by atoms with Gasteiger partial charge in [-0.1, -0.05) is 0 Å². The van der Waals surface area contributed by atoms with Crippen molar-refractivity contribution in [1.82, 2.24) is 4.98 Å². The number of aromatic nitrogens is 1. The zero-order chi connectivity index (χ0) is 12.7. The maximum absolute atomic E-state index is 12.3. The number of H-pyrrole nitrogens is 1. The summed E-state index contributed by atoms with van der Waals surface area (Å²) in [6.45, 7) is 0.799. The molecular weight excluding hydrogens is 240 g/mol. The topological polar surface area (TPSA) is 32.9 Å². The molecule has 0 aliphatic carbocycles. The summed E-state index contributed by atoms with van der Waals surface area (Å²) in [5, 5.41) is 0. The highest BCUT2D eigenvalue weighted by Gasteiger charge is 2.45. The van der Waals surface area contributed by atoms with Crippen molar-refractivity contribution in [3.05, 3.63) is 33.2 Å². The normalized spacial score (nSPS) is 12.9. The molecule has 0 bridgehead atoms. The highest BCUT2D eigenvalue weighted by Crippen LogP contribution is 2.39. The van der Waals surface area contributed by atoms with Crippen LogP contribution in [0.25, 0.3) is 0 Å². The molecule has 1 N–H and O–H groups in total. The molecule has 8 heteroatoms. The molecule has 0 atom stereocenters. The van der Waals surface area contributed by atoms with Gasteiger partial charge in [0.25, 0.3) is 0 Å². The van der Waals surface area contributed by atoms with Gasteiger partial charge in [-0.05, 0) is 12.5 Å². The van der Waals surface area contributed by atoms with Crippen LogP contribution in [0.1, 0.15) is 16.8 Å². The van der Waals surface area contributed by atoms with Crippen LogP contribution in [0.2, 0.25) is 0 Å². The predicted octanol–water partition coefficient (Wildman–Crippen LogP) is 2.72. The third kappa shape index (κ3) is 2.37. The average molecular weight is 245 g/mol. The molecule has 0 unspecified atom stereocenters. The van der Waals surface area contributed by atoms with Gasteiger partial charge in [-0.25, -0.2) is 0 Å². The van der Waals surface area contributed by atoms with E-state index in [0.717, 1.165) is 11.9 Å². The first-order valence-electron chi connectivity index (χ1n) is 3.92. The van der Waals surface area contributed by atoms with Crippen molar-refractivity contribution in [2.75, 3.05) is 0 Å². The van der Waals surface area contributed by atoms with Crippen molar-refractivity contribution in [2.45, 2.75) is 19.3 Å². The fourth-order valence-electron chi connectivity index (χ4n) is 1.27. The smallest absolute Gasteiger partial charge is 0.318 e. The minimum absolute atomic E-state index is 0.470. The molecule has 0 fully saturated rings. The van der Waals surface area contributed by atoms with Gasteiger partial charge >= 0.3 is 12.4 Å². The average Bonchev–Trinajstić information content (AvgIpc) is 1.97. The number of pyridine rings is 1. The van der Waals surface area contributed by atoms with Crippen LogP contribution in [-0.4, -0.2) is 4.98 Å². The highest BCUT2D eigenvalue weighted by atomic mass is 19.4. The Morgan fingerprint density at radius 2 is 1.56 bits per heavy atom. The fraction of sp³-hybridized carbons (Fsp3) is 0.375. The van der Waals surface area contributed by atoms with Gasteiger partial charge < -0.3 is 4.98 Å². The van der Waals surface area contributed by atoms with Crippen LogP contribution >= 0.6 is 0 Å². The lowest BCUT2D eigenvalue weighted by Crippen LogP contribution is -2.24. The number of halogens is 6. The van der Waals surface area contributed by atoms with Gasteiger partial charge in [0.1, 0.15) is 5.69 Å². The Morgan fingerprint density at radius 3 is 1.94 bits per heavy atom. The monoisotopic (exact) mass is 245 g/mol. The third-order valence-corrected chi connectivity index (χ3v) is 1.81. The number of aromatic amines is 1. The van der Waals surface area contributed by atoms with E-state index in [1.807, 2.05) is 0 Å². The number of rotatable bonds is 0. The van der Waals surface area contributed by atoms with Crippen LogP contribution in [0, 0.1) is 6.92 Å². The lowest BCUT2D eigenvalue weighted by Gasteiger charge is -2.16. The van der Waals surface area contributed by atoms with E-state index in [4.69, 9.17) is 0 Å². The Hall–Kier alpha value is -1.47. The molecule has 0 aliphatic heterocycles. The molecule has 0 aromatic carbocycles. The van der Waals surface area contributed by atoms with Crippen LogP contribution in [0.5, 0.6) is 0 Å². The minimum atomic E-state index is -5.25. The maximum atomic E-state index is 12.3. The van der Waals surface area contributed by atoms with Crippen molar-refractivity contribution >= 4 is 0 Å². The molecule has 16 heavy (non-hydrogen) atoms. The molecule has 0 spiro atoms. The first kappa shape index (κ1) is 12.6. The summed E-state index contributed by atoms with van der Waals surface area (Å²) in [5.41, 5.74) is -5.91. The van der Waals surface area contributed by atoms with E-state index in [1.54, 1.807) is 0 Å². The number of nitrogens with one attached hydrogen (secondary N) is 1. The molecule has 1 rings (SSSR count). The number of aryl methyl sites for hydroxylation is 1. The van der Waals surface area contributed by atoms with Gasteiger partial charge in [-0.3, -0.25) is 4.79 Å². The second-order valence-corrected chi connectivity index (χ2v) is 3.06. The van der Waals surface area contributed by atoms with Gasteiger partial charge in [0.2, 0.25) is 5.56 Å². The van der Waals surface area contributed by atoms with Crippen LogP contribution in [0.3, 0.4) is 0 Å². The van der Waals surface area contributed by atoms with Crippen LogP contribution < -0.4 is 5.56 Å². The zero-order valence-electron chi connectivity index (χ0n) is 7.75. The Kier molecular flexibility index (Phi) is 2.78. The molecule has 1 aromatic rings. The zero-order valence-corrected chi connectivity index (χ0v) is 7.75. The van der Waals surface area contributed by atoms with E-state index in [9.17, 15) is 31.1 Å². The quantitative estimate of drug-likeness (QED) is 0.700. The third-order valence-electron chi connectivity index (χ3n) is 1.81. The second kappa shape index (κ2) is 3.53. The van der Waals surface area contributed by atoms with Gasteiger partial charge in [0, 0.05) is 6.07 Å². The van der Waals surface area contributed by atoms with Crippen LogP contribution in [0.4, 0.5) is 26.3 Å². The molecule has 90 valence electrons. The summed E-state index contributed by atoms with van der Waals surface area (Å²) in [5.74, 6) is 0. The van der Waals surface area contributed by atoms with E-state index in [-0.39, 0.29) is 0 Å². The number of hydrogen-bond donors (Lipinski definition) is 1. The Bertz CT molecular complexity index is 455. The SMILES string of the molecule is Cc1cc(=O)[nH]c(C(F)(F)F)c1C(F)(F)F. The van der Waals surface area contributed by atoms with E-state index in [2.05, 4.69) is 0 Å². The van der Waals surface area contributed by atoms with E-state index in [0.29, 0.717) is 6.07 Å². The Labute approximate surface area is 84.9 Å². The van der Waals surface area contributed by atoms with Gasteiger partial charge in [0.05, 0.1) is 5.56 Å². The van der Waals surface area contributed by atoms with Gasteiger partial charge in [-0.2, -0.15) is 26.3 Å². The van der Waals surface area contributed by atoms with Crippen molar-refractivity contribution in [2.24, 2.45) is 0 Å². The number of alkyl halides is 6. The summed E-state index contributed by atoms with van der Waals surface area (Å²) < 4.78 is 73.9. The van der Waals surface area contributed by atoms with Crippen molar-refractivity contribution in [3.8, 4) is 0 Å². The second-order valence-electron chi connectivity index (χ2n) is 3.06. The van der Waals surface area contributed by atoms with Crippen molar-refractivity contribution in [1.29, 1.82) is 0 Å². The molecule has 2 nitrogen and oxygen atoms in total. The molecule has 0 amide bonds. The molecule has 0 saturated carbocycles. The van der Waals surface area contributed by atoms with Gasteiger partial charge in [0.15, 0.2) is 0 Å². The Balaban J connectivity index is 3.65. The predicted molar refractivity (Wildman–Crippen MR) is 41.8 cm³/mol. The molecule has 1 aromatic heterocycles. The fourth-order valence-corrected chi connectivity index (χ4v) is 1.27. The molecular formula is C8H5F6NO. The van der Waals surface area contributed by atoms with E-state index in [1.165, 1.54) is 0 Å². The number of hydrogen-bond acceptors (Lipinski definition) is 1. The molecule has 1 heterocycles. The first-order valence-corrected chi connectivity index (χ1v) is 3.92. The van der Waals surface area contributed by atoms with E-state index >= 15 is 0 Å². The lowest BCUT2D eigenvalue weighted by molar-refractivity contribution is -0.165. The first-order chi connectivity index (χ1) is 7.03. The van der Waals surface area contributed by atoms with Crippen LogP contribution in [-0.2, 0) is 12.4 Å².